The Morgan fingerprint density at radius 2 is 2.06 bits per heavy atom. The van der Waals surface area contributed by atoms with Gasteiger partial charge in [0.15, 0.2) is 0 Å². The number of hydrogen-bond donors (Lipinski definition) is 1. The fourth-order valence-corrected chi connectivity index (χ4v) is 5.43. The SMILES string of the molecule is Cc1cccc2c1N(c1ccc3sc(Cn4cnn(C/C(=C/F)CN)c4=O)cc3c1)C(=O)CC2. The van der Waals surface area contributed by atoms with Crippen molar-refractivity contribution in [2.75, 3.05) is 11.4 Å². The molecule has 2 aromatic heterocycles. The predicted molar refractivity (Wildman–Crippen MR) is 132 cm³/mol. The molecule has 34 heavy (non-hydrogen) atoms. The first-order valence-electron chi connectivity index (χ1n) is 11.0. The number of aromatic nitrogens is 3. The van der Waals surface area contributed by atoms with Gasteiger partial charge in [-0.15, -0.1) is 11.3 Å². The number of aryl methyl sites for hydroxylation is 2. The van der Waals surface area contributed by atoms with Crippen molar-refractivity contribution in [2.45, 2.75) is 32.9 Å². The Bertz CT molecular complexity index is 1480. The highest BCUT2D eigenvalue weighted by Crippen LogP contribution is 2.39. The monoisotopic (exact) mass is 477 g/mol. The Morgan fingerprint density at radius 1 is 1.21 bits per heavy atom. The molecule has 174 valence electrons. The smallest absolute Gasteiger partial charge is 0.327 e. The quantitative estimate of drug-likeness (QED) is 0.454. The van der Waals surface area contributed by atoms with Crippen LogP contribution in [0.3, 0.4) is 0 Å². The fourth-order valence-electron chi connectivity index (χ4n) is 4.39. The van der Waals surface area contributed by atoms with Gasteiger partial charge < -0.3 is 5.73 Å². The Kier molecular flexibility index (Phi) is 5.89. The van der Waals surface area contributed by atoms with Crippen LogP contribution in [-0.4, -0.2) is 26.8 Å². The maximum absolute atomic E-state index is 12.9. The first-order valence-corrected chi connectivity index (χ1v) is 11.8. The van der Waals surface area contributed by atoms with E-state index >= 15 is 0 Å². The van der Waals surface area contributed by atoms with Gasteiger partial charge >= 0.3 is 5.69 Å². The van der Waals surface area contributed by atoms with Gasteiger partial charge in [0.2, 0.25) is 5.91 Å². The molecule has 4 aromatic rings. The molecule has 1 aliphatic heterocycles. The molecule has 1 aliphatic rings. The van der Waals surface area contributed by atoms with Gasteiger partial charge in [-0.25, -0.2) is 13.9 Å². The first kappa shape index (κ1) is 22.2. The van der Waals surface area contributed by atoms with Gasteiger partial charge in [-0.05, 0) is 59.7 Å². The summed E-state index contributed by atoms with van der Waals surface area (Å²) in [6, 6.07) is 14.2. The number of benzene rings is 2. The third-order valence-corrected chi connectivity index (χ3v) is 7.20. The van der Waals surface area contributed by atoms with Gasteiger partial charge in [0, 0.05) is 28.2 Å². The number of carbonyl (C=O) groups excluding carboxylic acids is 1. The van der Waals surface area contributed by atoms with Crippen molar-refractivity contribution in [3.63, 3.8) is 0 Å². The number of thiophene rings is 1. The molecule has 0 bridgehead atoms. The molecule has 7 nitrogen and oxygen atoms in total. The lowest BCUT2D eigenvalue weighted by atomic mass is 9.97. The third-order valence-electron chi connectivity index (χ3n) is 6.10. The molecule has 2 N–H and O–H groups in total. The maximum Gasteiger partial charge on any atom is 0.346 e. The van der Waals surface area contributed by atoms with Crippen LogP contribution in [0.15, 0.2) is 65.5 Å². The van der Waals surface area contributed by atoms with E-state index in [9.17, 15) is 14.0 Å². The zero-order valence-corrected chi connectivity index (χ0v) is 19.5. The molecule has 0 fully saturated rings. The van der Waals surface area contributed by atoms with Crippen LogP contribution in [0.1, 0.15) is 22.4 Å². The number of rotatable bonds is 6. The highest BCUT2D eigenvalue weighted by atomic mass is 32.1. The standard InChI is InChI=1S/C25H24FN5O2S/c1-16-3-2-4-18-5-8-23(32)31(24(16)18)20-6-7-22-19(9-20)10-21(34-22)14-29-15-28-30(25(29)33)13-17(11-26)12-27/h2-4,6-7,9-11,15H,5,8,12-14,27H2,1H3/b17-11+. The summed E-state index contributed by atoms with van der Waals surface area (Å²) < 4.78 is 16.6. The molecular weight excluding hydrogens is 453 g/mol. The predicted octanol–water partition coefficient (Wildman–Crippen LogP) is 4.04. The normalized spacial score (nSPS) is 14.1. The lowest BCUT2D eigenvalue weighted by molar-refractivity contribution is -0.118. The van der Waals surface area contributed by atoms with Crippen LogP contribution in [0.5, 0.6) is 0 Å². The molecule has 2 aromatic carbocycles. The molecule has 0 atom stereocenters. The van der Waals surface area contributed by atoms with E-state index in [-0.39, 0.29) is 24.7 Å². The number of anilines is 2. The minimum atomic E-state index is -0.322. The minimum Gasteiger partial charge on any atom is -0.327 e. The maximum atomic E-state index is 12.9. The minimum absolute atomic E-state index is 0.0258. The van der Waals surface area contributed by atoms with E-state index in [2.05, 4.69) is 11.2 Å². The molecular formula is C25H24FN5O2S. The highest BCUT2D eigenvalue weighted by Gasteiger charge is 2.27. The highest BCUT2D eigenvalue weighted by molar-refractivity contribution is 7.19. The van der Waals surface area contributed by atoms with Gasteiger partial charge in [-0.3, -0.25) is 14.3 Å². The summed E-state index contributed by atoms with van der Waals surface area (Å²) >= 11 is 1.59. The number of para-hydroxylation sites is 1. The van der Waals surface area contributed by atoms with Crippen LogP contribution in [0.25, 0.3) is 10.1 Å². The third kappa shape index (κ3) is 3.97. The van der Waals surface area contributed by atoms with Gasteiger partial charge in [0.05, 0.1) is 25.1 Å². The van der Waals surface area contributed by atoms with E-state index in [1.807, 2.05) is 48.2 Å². The molecule has 1 amide bonds. The number of amides is 1. The van der Waals surface area contributed by atoms with Crippen molar-refractivity contribution in [1.29, 1.82) is 0 Å². The largest absolute Gasteiger partial charge is 0.346 e. The molecule has 0 radical (unpaired) electrons. The van der Waals surface area contributed by atoms with Crippen molar-refractivity contribution < 1.29 is 9.18 Å². The second-order valence-corrected chi connectivity index (χ2v) is 9.59. The van der Waals surface area contributed by atoms with E-state index in [4.69, 9.17) is 5.73 Å². The van der Waals surface area contributed by atoms with Crippen LogP contribution in [0.2, 0.25) is 0 Å². The van der Waals surface area contributed by atoms with Crippen LogP contribution in [0.4, 0.5) is 15.8 Å². The van der Waals surface area contributed by atoms with E-state index in [0.29, 0.717) is 24.9 Å². The van der Waals surface area contributed by atoms with Crippen LogP contribution in [0, 0.1) is 6.92 Å². The van der Waals surface area contributed by atoms with E-state index in [0.717, 1.165) is 38.3 Å². The molecule has 3 heterocycles. The van der Waals surface area contributed by atoms with Crippen molar-refractivity contribution in [2.24, 2.45) is 5.73 Å². The number of nitrogens with two attached hydrogens (primary N) is 1. The fraction of sp³-hybridized carbons (Fsp3) is 0.240. The molecule has 0 saturated carbocycles. The van der Waals surface area contributed by atoms with Crippen LogP contribution < -0.4 is 16.3 Å². The summed E-state index contributed by atoms with van der Waals surface area (Å²) in [5.41, 5.74) is 9.54. The molecule has 5 rings (SSSR count). The van der Waals surface area contributed by atoms with Crippen molar-refractivity contribution >= 4 is 38.7 Å². The number of fused-ring (bicyclic) bond motifs is 2. The second-order valence-electron chi connectivity index (χ2n) is 8.42. The Labute approximate surface area is 199 Å². The Hall–Kier alpha value is -3.56. The molecule has 0 unspecified atom stereocenters. The molecule has 0 spiro atoms. The van der Waals surface area contributed by atoms with E-state index < -0.39 is 0 Å². The molecule has 0 aliphatic carbocycles. The number of hydrogen-bond acceptors (Lipinski definition) is 5. The summed E-state index contributed by atoms with van der Waals surface area (Å²) in [5, 5.41) is 5.09. The lowest BCUT2D eigenvalue weighted by Crippen LogP contribution is -2.31. The molecule has 0 saturated heterocycles. The summed E-state index contributed by atoms with van der Waals surface area (Å²) in [6.07, 6.45) is 3.12. The Balaban J connectivity index is 1.45. The summed E-state index contributed by atoms with van der Waals surface area (Å²) in [5.74, 6) is 0.0924. The van der Waals surface area contributed by atoms with Crippen molar-refractivity contribution in [3.8, 4) is 0 Å². The number of nitrogens with zero attached hydrogens (tertiary/aromatic N) is 4. The summed E-state index contributed by atoms with van der Waals surface area (Å²) in [4.78, 5) is 28.3. The zero-order chi connectivity index (χ0) is 23.8. The summed E-state index contributed by atoms with van der Waals surface area (Å²) in [6.45, 7) is 2.44. The summed E-state index contributed by atoms with van der Waals surface area (Å²) in [7, 11) is 0. The topological polar surface area (TPSA) is 86.2 Å². The number of carbonyl (C=O) groups is 1. The van der Waals surface area contributed by atoms with Crippen LogP contribution >= 0.6 is 11.3 Å². The van der Waals surface area contributed by atoms with Crippen LogP contribution in [-0.2, 0) is 24.3 Å². The second kappa shape index (κ2) is 9.00. The van der Waals surface area contributed by atoms with Gasteiger partial charge in [0.25, 0.3) is 0 Å². The average molecular weight is 478 g/mol. The van der Waals surface area contributed by atoms with Gasteiger partial charge in [-0.2, -0.15) is 5.10 Å². The Morgan fingerprint density at radius 3 is 2.85 bits per heavy atom. The van der Waals surface area contributed by atoms with Crippen molar-refractivity contribution in [1.82, 2.24) is 14.3 Å². The van der Waals surface area contributed by atoms with Gasteiger partial charge in [-0.1, -0.05) is 18.2 Å². The van der Waals surface area contributed by atoms with E-state index in [1.165, 1.54) is 21.1 Å². The van der Waals surface area contributed by atoms with Gasteiger partial charge in [0.1, 0.15) is 6.33 Å². The lowest BCUT2D eigenvalue weighted by Gasteiger charge is -2.31. The number of halogens is 1. The molecule has 9 heteroatoms. The van der Waals surface area contributed by atoms with Crippen molar-refractivity contribution in [3.05, 3.63) is 87.2 Å². The zero-order valence-electron chi connectivity index (χ0n) is 18.7. The van der Waals surface area contributed by atoms with E-state index in [1.54, 1.807) is 11.3 Å². The first-order chi connectivity index (χ1) is 16.5. The average Bonchev–Trinajstić information content (AvgIpc) is 3.40.